The molecule has 1 atom stereocenters. The summed E-state index contributed by atoms with van der Waals surface area (Å²) in [5.41, 5.74) is 7.36. The van der Waals surface area contributed by atoms with Crippen molar-refractivity contribution in [3.8, 4) is 17.6 Å². The number of nitriles is 1. The normalized spacial score (nSPS) is 15.4. The number of ether oxygens (including phenoxy) is 2. The summed E-state index contributed by atoms with van der Waals surface area (Å²) in [6.45, 7) is 0.226. The van der Waals surface area contributed by atoms with Gasteiger partial charge in [-0.2, -0.15) is 5.26 Å². The van der Waals surface area contributed by atoms with Crippen molar-refractivity contribution < 1.29 is 9.47 Å². The van der Waals surface area contributed by atoms with E-state index in [2.05, 4.69) is 46.9 Å². The highest BCUT2D eigenvalue weighted by atomic mass is 127. The number of allylic oxidation sites excluding steroid dienone is 1. The molecular formula is C36H25ClIN3O3S. The van der Waals surface area contributed by atoms with Gasteiger partial charge >= 0.3 is 0 Å². The highest BCUT2D eigenvalue weighted by Gasteiger charge is 2.33. The molecular weight excluding hydrogens is 717 g/mol. The molecule has 0 bridgehead atoms. The van der Waals surface area contributed by atoms with Crippen LogP contribution in [0.15, 0.2) is 100 Å². The minimum Gasteiger partial charge on any atom is -0.493 e. The van der Waals surface area contributed by atoms with Crippen LogP contribution in [-0.2, 0) is 13.0 Å². The molecule has 7 rings (SSSR count). The minimum absolute atomic E-state index is 0.114. The lowest BCUT2D eigenvalue weighted by Crippen LogP contribution is -2.38. The van der Waals surface area contributed by atoms with Crippen molar-refractivity contribution in [1.82, 2.24) is 4.57 Å². The number of benzene rings is 4. The molecule has 1 aromatic heterocycles. The molecule has 0 radical (unpaired) electrons. The van der Waals surface area contributed by atoms with Gasteiger partial charge < -0.3 is 9.47 Å². The molecule has 0 saturated carbocycles. The number of fused-ring (bicyclic) bond motifs is 3. The van der Waals surface area contributed by atoms with Crippen molar-refractivity contribution in [2.45, 2.75) is 25.5 Å². The van der Waals surface area contributed by atoms with Crippen LogP contribution in [0, 0.1) is 14.9 Å². The molecule has 222 valence electrons. The molecule has 9 heteroatoms. The van der Waals surface area contributed by atoms with E-state index in [0.717, 1.165) is 49.9 Å². The van der Waals surface area contributed by atoms with Crippen molar-refractivity contribution in [3.05, 3.63) is 152 Å². The molecule has 4 aromatic carbocycles. The van der Waals surface area contributed by atoms with Gasteiger partial charge in [-0.3, -0.25) is 9.36 Å². The topological polar surface area (TPSA) is 76.6 Å². The lowest BCUT2D eigenvalue weighted by molar-refractivity contribution is 0.282. The first-order valence-corrected chi connectivity index (χ1v) is 16.6. The van der Waals surface area contributed by atoms with E-state index in [-0.39, 0.29) is 18.2 Å². The predicted octanol–water partition coefficient (Wildman–Crippen LogP) is 7.04. The molecule has 2 heterocycles. The first-order valence-electron chi connectivity index (χ1n) is 14.3. The molecule has 6 nitrogen and oxygen atoms in total. The average Bonchev–Trinajstić information content (AvgIpc) is 3.37. The average molecular weight is 742 g/mol. The zero-order valence-electron chi connectivity index (χ0n) is 24.1. The van der Waals surface area contributed by atoms with Crippen molar-refractivity contribution in [1.29, 1.82) is 5.26 Å². The fourth-order valence-electron chi connectivity index (χ4n) is 6.02. The second-order valence-corrected chi connectivity index (χ2v) is 13.3. The third kappa shape index (κ3) is 5.39. The van der Waals surface area contributed by atoms with E-state index >= 15 is 0 Å². The molecule has 45 heavy (non-hydrogen) atoms. The van der Waals surface area contributed by atoms with Crippen LogP contribution >= 0.6 is 45.5 Å². The Kier molecular flexibility index (Phi) is 8.08. The second kappa shape index (κ2) is 12.3. The quantitative estimate of drug-likeness (QED) is 0.175. The fourth-order valence-corrected chi connectivity index (χ4v) is 8.04. The maximum absolute atomic E-state index is 14.2. The Morgan fingerprint density at radius 1 is 1.09 bits per heavy atom. The van der Waals surface area contributed by atoms with Crippen LogP contribution < -0.4 is 24.4 Å². The summed E-state index contributed by atoms with van der Waals surface area (Å²) in [5, 5.41) is 10.1. The molecule has 0 spiro atoms. The lowest BCUT2D eigenvalue weighted by Gasteiger charge is -2.31. The smallest absolute Gasteiger partial charge is 0.271 e. The molecule has 1 aliphatic carbocycles. The van der Waals surface area contributed by atoms with Crippen molar-refractivity contribution in [2.24, 2.45) is 4.99 Å². The summed E-state index contributed by atoms with van der Waals surface area (Å²) in [7, 11) is 1.59. The first-order chi connectivity index (χ1) is 22.0. The maximum atomic E-state index is 14.2. The van der Waals surface area contributed by atoms with Gasteiger partial charge in [0.1, 0.15) is 6.61 Å². The van der Waals surface area contributed by atoms with Crippen LogP contribution in [0.2, 0.25) is 5.02 Å². The van der Waals surface area contributed by atoms with Crippen LogP contribution in [0.4, 0.5) is 0 Å². The summed E-state index contributed by atoms with van der Waals surface area (Å²) < 4.78 is 15.0. The number of thiazole rings is 1. The van der Waals surface area contributed by atoms with Crippen LogP contribution in [0.1, 0.15) is 45.8 Å². The summed E-state index contributed by atoms with van der Waals surface area (Å²) in [6, 6.07) is 29.1. The number of nitrogens with zero attached hydrogens (tertiary/aromatic N) is 3. The number of aromatic nitrogens is 1. The van der Waals surface area contributed by atoms with Gasteiger partial charge in [0.15, 0.2) is 16.3 Å². The monoisotopic (exact) mass is 741 g/mol. The summed E-state index contributed by atoms with van der Waals surface area (Å²) in [4.78, 5) is 19.9. The number of rotatable bonds is 6. The van der Waals surface area contributed by atoms with E-state index in [1.54, 1.807) is 17.7 Å². The van der Waals surface area contributed by atoms with Crippen molar-refractivity contribution in [3.63, 3.8) is 0 Å². The third-order valence-corrected chi connectivity index (χ3v) is 10.3. The number of methoxy groups -OCH3 is 1. The molecule has 5 aromatic rings. The van der Waals surface area contributed by atoms with Crippen LogP contribution in [0.5, 0.6) is 11.5 Å². The highest BCUT2D eigenvalue weighted by molar-refractivity contribution is 14.1. The molecule has 0 unspecified atom stereocenters. The third-order valence-electron chi connectivity index (χ3n) is 8.13. The molecule has 0 amide bonds. The predicted molar refractivity (Wildman–Crippen MR) is 185 cm³/mol. The number of hydrogen-bond donors (Lipinski definition) is 0. The van der Waals surface area contributed by atoms with E-state index in [4.69, 9.17) is 26.1 Å². The fraction of sp³-hybridized carbons (Fsp3) is 0.139. The molecule has 0 N–H and O–H groups in total. The van der Waals surface area contributed by atoms with Crippen molar-refractivity contribution in [2.75, 3.05) is 7.11 Å². The molecule has 1 aliphatic heterocycles. The van der Waals surface area contributed by atoms with Gasteiger partial charge in [-0.1, -0.05) is 83.6 Å². The summed E-state index contributed by atoms with van der Waals surface area (Å²) in [6.07, 6.45) is 3.56. The second-order valence-electron chi connectivity index (χ2n) is 10.7. The molecule has 0 fully saturated rings. The first kappa shape index (κ1) is 29.5. The number of aryl methyl sites for hydroxylation is 1. The Morgan fingerprint density at radius 2 is 1.87 bits per heavy atom. The Hall–Kier alpha value is -4.17. The molecule has 2 aliphatic rings. The minimum atomic E-state index is -0.345. The van der Waals surface area contributed by atoms with Crippen LogP contribution in [-0.4, -0.2) is 11.7 Å². The van der Waals surface area contributed by atoms with E-state index in [1.165, 1.54) is 16.9 Å². The van der Waals surface area contributed by atoms with Gasteiger partial charge in [0.05, 0.1) is 38.6 Å². The zero-order valence-corrected chi connectivity index (χ0v) is 27.8. The Labute approximate surface area is 282 Å². The van der Waals surface area contributed by atoms with E-state index in [9.17, 15) is 10.1 Å². The number of halogens is 2. The SMILES string of the molecule is COc1cc(/C=c2/sc3n(c2=O)[C@@H](c2ccccc2Cl)C2=C(N=3)c3ccccc3CC2)cc(I)c1OCc1ccccc1C#N. The largest absolute Gasteiger partial charge is 0.493 e. The van der Waals surface area contributed by atoms with Crippen LogP contribution in [0.25, 0.3) is 11.8 Å². The zero-order chi connectivity index (χ0) is 31.1. The lowest BCUT2D eigenvalue weighted by atomic mass is 9.83. The molecule has 0 saturated heterocycles. The Bertz CT molecular complexity index is 2250. The maximum Gasteiger partial charge on any atom is 0.271 e. The van der Waals surface area contributed by atoms with Gasteiger partial charge in [-0.15, -0.1) is 0 Å². The van der Waals surface area contributed by atoms with Gasteiger partial charge in [0.25, 0.3) is 5.56 Å². The van der Waals surface area contributed by atoms with Crippen LogP contribution in [0.3, 0.4) is 0 Å². The highest BCUT2D eigenvalue weighted by Crippen LogP contribution is 2.42. The van der Waals surface area contributed by atoms with Gasteiger partial charge in [0, 0.05) is 16.1 Å². The van der Waals surface area contributed by atoms with Gasteiger partial charge in [-0.05, 0) is 88.0 Å². The summed E-state index contributed by atoms with van der Waals surface area (Å²) >= 11 is 10.4. The van der Waals surface area contributed by atoms with Gasteiger partial charge in [0.2, 0.25) is 0 Å². The standard InChI is InChI=1S/C36H25ClIN3O3S/c1-43-30-17-21(16-29(38)34(30)44-20-24-10-3-2-9-23(24)19-39)18-31-35(42)41-33(26-12-6-7-13-28(26)37)27-15-14-22-8-4-5-11-25(22)32(27)40-36(41)45-31/h2-13,16-18,33H,14-15,20H2,1H3/b31-18+/t33-/m0/s1. The summed E-state index contributed by atoms with van der Waals surface area (Å²) in [5.74, 6) is 1.12. The van der Waals surface area contributed by atoms with E-state index in [1.807, 2.05) is 66.7 Å². The van der Waals surface area contributed by atoms with Gasteiger partial charge in [-0.25, -0.2) is 4.99 Å². The Morgan fingerprint density at radius 3 is 2.69 bits per heavy atom. The van der Waals surface area contributed by atoms with E-state index in [0.29, 0.717) is 31.4 Å². The van der Waals surface area contributed by atoms with Crippen molar-refractivity contribution >= 4 is 57.3 Å². The van der Waals surface area contributed by atoms with E-state index < -0.39 is 0 Å². The number of hydrogen-bond acceptors (Lipinski definition) is 6. The Balaban J connectivity index is 1.33.